The van der Waals surface area contributed by atoms with Gasteiger partial charge >= 0.3 is 0 Å². The van der Waals surface area contributed by atoms with E-state index in [1.165, 1.54) is 12.8 Å². The van der Waals surface area contributed by atoms with Crippen molar-refractivity contribution in [3.63, 3.8) is 0 Å². The average Bonchev–Trinajstić information content (AvgIpc) is 2.46. The average molecular weight is 262 g/mol. The summed E-state index contributed by atoms with van der Waals surface area (Å²) < 4.78 is 5.59. The van der Waals surface area contributed by atoms with Gasteiger partial charge in [-0.3, -0.25) is 4.79 Å². The molecule has 0 radical (unpaired) electrons. The molecule has 0 aliphatic carbocycles. The smallest absolute Gasteiger partial charge is 0.150 e. The van der Waals surface area contributed by atoms with Crippen LogP contribution in [0.15, 0.2) is 24.3 Å². The summed E-state index contributed by atoms with van der Waals surface area (Å²) in [6, 6.07) is 7.16. The lowest BCUT2D eigenvalue weighted by molar-refractivity contribution is -0.107. The predicted octanol–water partition coefficient (Wildman–Crippen LogP) is 3.81. The molecule has 1 rings (SSSR count). The van der Waals surface area contributed by atoms with E-state index in [9.17, 15) is 9.59 Å². The lowest BCUT2D eigenvalue weighted by Gasteiger charge is -2.06. The number of carbonyl (C=O) groups is 2. The molecule has 0 N–H and O–H groups in total. The molecular weight excluding hydrogens is 240 g/mol. The molecule has 0 amide bonds. The Kier molecular flexibility index (Phi) is 8.36. The molecule has 0 aromatic heterocycles. The Balaban J connectivity index is 1.98. The summed E-state index contributed by atoms with van der Waals surface area (Å²) in [5.74, 6) is 0.816. The van der Waals surface area contributed by atoms with E-state index in [0.29, 0.717) is 12.0 Å². The molecule has 0 atom stereocenters. The van der Waals surface area contributed by atoms with E-state index in [0.717, 1.165) is 50.6 Å². The van der Waals surface area contributed by atoms with E-state index in [4.69, 9.17) is 4.74 Å². The molecule has 1 aromatic carbocycles. The van der Waals surface area contributed by atoms with Crippen LogP contribution in [0.4, 0.5) is 0 Å². The molecule has 0 fully saturated rings. The zero-order chi connectivity index (χ0) is 13.8. The van der Waals surface area contributed by atoms with Gasteiger partial charge in [-0.05, 0) is 37.1 Å². The van der Waals surface area contributed by atoms with Crippen LogP contribution in [0, 0.1) is 0 Å². The van der Waals surface area contributed by atoms with Gasteiger partial charge in [0.2, 0.25) is 0 Å². The standard InChI is InChI=1S/C16H22O3/c17-12-6-4-2-1-3-5-7-13-19-16-10-8-15(14-18)9-11-16/h8-12,14H,1-7,13H2. The van der Waals surface area contributed by atoms with Gasteiger partial charge < -0.3 is 9.53 Å². The van der Waals surface area contributed by atoms with Gasteiger partial charge in [0.25, 0.3) is 0 Å². The highest BCUT2D eigenvalue weighted by Crippen LogP contribution is 2.12. The number of rotatable bonds is 11. The predicted molar refractivity (Wildman–Crippen MR) is 75.7 cm³/mol. The Hall–Kier alpha value is -1.64. The van der Waals surface area contributed by atoms with Gasteiger partial charge in [-0.2, -0.15) is 0 Å². The molecule has 0 spiro atoms. The molecule has 3 heteroatoms. The summed E-state index contributed by atoms with van der Waals surface area (Å²) >= 11 is 0. The summed E-state index contributed by atoms with van der Waals surface area (Å²) in [7, 11) is 0. The number of benzene rings is 1. The van der Waals surface area contributed by atoms with Crippen LogP contribution in [0.2, 0.25) is 0 Å². The van der Waals surface area contributed by atoms with Crippen LogP contribution in [0.3, 0.4) is 0 Å². The van der Waals surface area contributed by atoms with Crippen LogP contribution in [0.25, 0.3) is 0 Å². The monoisotopic (exact) mass is 262 g/mol. The summed E-state index contributed by atoms with van der Waals surface area (Å²) in [4.78, 5) is 20.6. The topological polar surface area (TPSA) is 43.4 Å². The van der Waals surface area contributed by atoms with Gasteiger partial charge in [-0.15, -0.1) is 0 Å². The molecule has 3 nitrogen and oxygen atoms in total. The van der Waals surface area contributed by atoms with Gasteiger partial charge in [-0.25, -0.2) is 0 Å². The Labute approximate surface area is 115 Å². The fourth-order valence-electron chi connectivity index (χ4n) is 1.87. The van der Waals surface area contributed by atoms with E-state index in [1.54, 1.807) is 12.1 Å². The molecule has 0 aliphatic rings. The maximum Gasteiger partial charge on any atom is 0.150 e. The van der Waals surface area contributed by atoms with Crippen molar-refractivity contribution in [2.75, 3.05) is 6.61 Å². The van der Waals surface area contributed by atoms with Crippen LogP contribution in [-0.2, 0) is 4.79 Å². The zero-order valence-corrected chi connectivity index (χ0v) is 11.3. The van der Waals surface area contributed by atoms with Crippen LogP contribution >= 0.6 is 0 Å². The van der Waals surface area contributed by atoms with E-state index in [1.807, 2.05) is 12.1 Å². The molecular formula is C16H22O3. The number of ether oxygens (including phenoxy) is 1. The maximum atomic E-state index is 10.5. The fraction of sp³-hybridized carbons (Fsp3) is 0.500. The minimum absolute atomic E-state index is 0.669. The lowest BCUT2D eigenvalue weighted by Crippen LogP contribution is -1.97. The van der Waals surface area contributed by atoms with Crippen molar-refractivity contribution in [3.8, 4) is 5.75 Å². The number of carbonyl (C=O) groups excluding carboxylic acids is 2. The quantitative estimate of drug-likeness (QED) is 0.450. The molecule has 19 heavy (non-hydrogen) atoms. The number of hydrogen-bond donors (Lipinski definition) is 0. The Morgan fingerprint density at radius 2 is 1.47 bits per heavy atom. The zero-order valence-electron chi connectivity index (χ0n) is 11.3. The summed E-state index contributed by atoms with van der Waals surface area (Å²) in [5, 5.41) is 0. The third-order valence-corrected chi connectivity index (χ3v) is 3.00. The Morgan fingerprint density at radius 3 is 2.11 bits per heavy atom. The van der Waals surface area contributed by atoms with Crippen molar-refractivity contribution in [3.05, 3.63) is 29.8 Å². The van der Waals surface area contributed by atoms with Gasteiger partial charge in [0.1, 0.15) is 18.3 Å². The molecule has 0 unspecified atom stereocenters. The van der Waals surface area contributed by atoms with Crippen molar-refractivity contribution in [2.45, 2.75) is 44.9 Å². The molecule has 104 valence electrons. The van der Waals surface area contributed by atoms with Crippen LogP contribution in [0.1, 0.15) is 55.3 Å². The first kappa shape index (κ1) is 15.4. The molecule has 0 saturated carbocycles. The number of unbranched alkanes of at least 4 members (excludes halogenated alkanes) is 6. The maximum absolute atomic E-state index is 10.5. The third-order valence-electron chi connectivity index (χ3n) is 3.00. The second-order valence-electron chi connectivity index (χ2n) is 4.61. The summed E-state index contributed by atoms with van der Waals surface area (Å²) in [6.07, 6.45) is 9.28. The minimum Gasteiger partial charge on any atom is -0.494 e. The van der Waals surface area contributed by atoms with Crippen LogP contribution in [-0.4, -0.2) is 19.2 Å². The van der Waals surface area contributed by atoms with Crippen molar-refractivity contribution in [1.82, 2.24) is 0 Å². The van der Waals surface area contributed by atoms with Crippen LogP contribution in [0.5, 0.6) is 5.75 Å². The number of hydrogen-bond acceptors (Lipinski definition) is 3. The van der Waals surface area contributed by atoms with Crippen molar-refractivity contribution in [1.29, 1.82) is 0 Å². The summed E-state index contributed by atoms with van der Waals surface area (Å²) in [6.45, 7) is 0.717. The molecule has 0 heterocycles. The first-order chi connectivity index (χ1) is 9.36. The van der Waals surface area contributed by atoms with Gasteiger partial charge in [0, 0.05) is 12.0 Å². The van der Waals surface area contributed by atoms with E-state index in [2.05, 4.69) is 0 Å². The lowest BCUT2D eigenvalue weighted by atomic mass is 10.1. The highest BCUT2D eigenvalue weighted by molar-refractivity contribution is 5.74. The highest BCUT2D eigenvalue weighted by Gasteiger charge is 1.95. The second-order valence-corrected chi connectivity index (χ2v) is 4.61. The number of aldehydes is 2. The van der Waals surface area contributed by atoms with E-state index < -0.39 is 0 Å². The van der Waals surface area contributed by atoms with E-state index >= 15 is 0 Å². The van der Waals surface area contributed by atoms with Crippen molar-refractivity contribution < 1.29 is 14.3 Å². The van der Waals surface area contributed by atoms with E-state index in [-0.39, 0.29) is 0 Å². The Bertz CT molecular complexity index is 357. The fourth-order valence-corrected chi connectivity index (χ4v) is 1.87. The molecule has 0 aliphatic heterocycles. The molecule has 0 bridgehead atoms. The third kappa shape index (κ3) is 7.39. The second kappa shape index (κ2) is 10.3. The molecule has 1 aromatic rings. The van der Waals surface area contributed by atoms with Gasteiger partial charge in [0.15, 0.2) is 0 Å². The SMILES string of the molecule is O=CCCCCCCCCOc1ccc(C=O)cc1. The van der Waals surface area contributed by atoms with Crippen molar-refractivity contribution in [2.24, 2.45) is 0 Å². The Morgan fingerprint density at radius 1 is 0.842 bits per heavy atom. The van der Waals surface area contributed by atoms with Gasteiger partial charge in [-0.1, -0.05) is 25.7 Å². The van der Waals surface area contributed by atoms with Gasteiger partial charge in [0.05, 0.1) is 6.61 Å². The molecule has 0 saturated heterocycles. The first-order valence-corrected chi connectivity index (χ1v) is 6.98. The van der Waals surface area contributed by atoms with Crippen LogP contribution < -0.4 is 4.74 Å². The normalized spacial score (nSPS) is 10.1. The largest absolute Gasteiger partial charge is 0.494 e. The highest BCUT2D eigenvalue weighted by atomic mass is 16.5. The van der Waals surface area contributed by atoms with Crippen molar-refractivity contribution >= 4 is 12.6 Å². The first-order valence-electron chi connectivity index (χ1n) is 6.98. The minimum atomic E-state index is 0.669. The summed E-state index contributed by atoms with van der Waals surface area (Å²) in [5.41, 5.74) is 0.669.